The molecule has 4 heterocycles. The summed E-state index contributed by atoms with van der Waals surface area (Å²) in [6.07, 6.45) is 7.12. The highest BCUT2D eigenvalue weighted by atomic mass is 32.2. The van der Waals surface area contributed by atoms with Crippen LogP contribution in [0.3, 0.4) is 0 Å². The second-order valence-corrected chi connectivity index (χ2v) is 8.01. The van der Waals surface area contributed by atoms with Crippen LogP contribution in [-0.4, -0.2) is 45.3 Å². The van der Waals surface area contributed by atoms with Gasteiger partial charge in [0.2, 0.25) is 0 Å². The smallest absolute Gasteiger partial charge is 0.160 e. The van der Waals surface area contributed by atoms with E-state index >= 15 is 0 Å². The average molecular weight is 316 g/mol. The fourth-order valence-electron chi connectivity index (χ4n) is 3.86. The third-order valence-electron chi connectivity index (χ3n) is 4.91. The van der Waals surface area contributed by atoms with Crippen molar-refractivity contribution in [3.63, 3.8) is 0 Å². The van der Waals surface area contributed by atoms with Gasteiger partial charge in [-0.3, -0.25) is 0 Å². The zero-order chi connectivity index (χ0) is 14.9. The predicted molar refractivity (Wildman–Crippen MR) is 92.2 cm³/mol. The van der Waals surface area contributed by atoms with E-state index in [2.05, 4.69) is 39.3 Å². The second-order valence-electron chi connectivity index (χ2n) is 6.70. The Kier molecular flexibility index (Phi) is 4.09. The Bertz CT molecular complexity index is 647. The van der Waals surface area contributed by atoms with Crippen LogP contribution < -0.4 is 0 Å². The van der Waals surface area contributed by atoms with Crippen LogP contribution in [0.4, 0.5) is 0 Å². The Balaban J connectivity index is 1.68. The highest BCUT2D eigenvalue weighted by molar-refractivity contribution is 7.99. The molecule has 4 nitrogen and oxygen atoms in total. The molecule has 2 unspecified atom stereocenters. The second kappa shape index (κ2) is 6.20. The zero-order valence-electron chi connectivity index (χ0n) is 13.2. The van der Waals surface area contributed by atoms with E-state index in [9.17, 15) is 0 Å². The average Bonchev–Trinajstić information content (AvgIpc) is 3.15. The monoisotopic (exact) mass is 316 g/mol. The van der Waals surface area contributed by atoms with Crippen LogP contribution in [0.25, 0.3) is 11.2 Å². The van der Waals surface area contributed by atoms with Crippen molar-refractivity contribution in [3.05, 3.63) is 24.2 Å². The van der Waals surface area contributed by atoms with Crippen LogP contribution in [0.5, 0.6) is 0 Å². The highest BCUT2D eigenvalue weighted by Gasteiger charge is 2.27. The van der Waals surface area contributed by atoms with Crippen LogP contribution in [0.2, 0.25) is 0 Å². The first-order chi connectivity index (χ1) is 10.8. The summed E-state index contributed by atoms with van der Waals surface area (Å²) >= 11 is 2.07. The number of aromatic nitrogens is 3. The third kappa shape index (κ3) is 2.76. The van der Waals surface area contributed by atoms with Gasteiger partial charge in [-0.2, -0.15) is 11.8 Å². The Morgan fingerprint density at radius 1 is 1.32 bits per heavy atom. The normalized spacial score (nSPS) is 26.8. The van der Waals surface area contributed by atoms with Crippen molar-refractivity contribution in [2.24, 2.45) is 5.92 Å². The van der Waals surface area contributed by atoms with Gasteiger partial charge in [0.05, 0.1) is 5.25 Å². The molecular weight excluding hydrogens is 292 g/mol. The molecule has 22 heavy (non-hydrogen) atoms. The summed E-state index contributed by atoms with van der Waals surface area (Å²) in [7, 11) is 2.24. The van der Waals surface area contributed by atoms with Crippen molar-refractivity contribution in [3.8, 4) is 0 Å². The topological polar surface area (TPSA) is 34.0 Å². The number of nitrogens with zero attached hydrogens (tertiary/aromatic N) is 4. The van der Waals surface area contributed by atoms with Crippen molar-refractivity contribution in [1.29, 1.82) is 0 Å². The van der Waals surface area contributed by atoms with Crippen LogP contribution in [0.15, 0.2) is 18.3 Å². The number of imidazole rings is 1. The predicted octanol–water partition coefficient (Wildman–Crippen LogP) is 3.34. The minimum absolute atomic E-state index is 0.565. The van der Waals surface area contributed by atoms with Gasteiger partial charge in [-0.05, 0) is 63.1 Å². The Morgan fingerprint density at radius 2 is 2.27 bits per heavy atom. The quantitative estimate of drug-likeness (QED) is 0.870. The number of pyridine rings is 1. The first-order valence-electron chi connectivity index (χ1n) is 8.42. The molecule has 118 valence electrons. The summed E-state index contributed by atoms with van der Waals surface area (Å²) in [6.45, 7) is 3.51. The Morgan fingerprint density at radius 3 is 3.09 bits per heavy atom. The third-order valence-corrected chi connectivity index (χ3v) is 6.29. The Labute approximate surface area is 136 Å². The van der Waals surface area contributed by atoms with E-state index < -0.39 is 0 Å². The van der Waals surface area contributed by atoms with Crippen molar-refractivity contribution < 1.29 is 0 Å². The summed E-state index contributed by atoms with van der Waals surface area (Å²) in [4.78, 5) is 12.0. The van der Waals surface area contributed by atoms with Crippen LogP contribution in [-0.2, 0) is 6.54 Å². The largest absolute Gasteiger partial charge is 0.311 e. The number of hydrogen-bond acceptors (Lipinski definition) is 4. The molecule has 2 aromatic rings. The fourth-order valence-corrected chi connectivity index (χ4v) is 5.14. The van der Waals surface area contributed by atoms with E-state index in [-0.39, 0.29) is 0 Å². The minimum Gasteiger partial charge on any atom is -0.311 e. The summed E-state index contributed by atoms with van der Waals surface area (Å²) in [5.41, 5.74) is 2.15. The minimum atomic E-state index is 0.565. The van der Waals surface area contributed by atoms with Crippen LogP contribution >= 0.6 is 11.8 Å². The van der Waals surface area contributed by atoms with Gasteiger partial charge in [-0.1, -0.05) is 0 Å². The van der Waals surface area contributed by atoms with Gasteiger partial charge in [0.1, 0.15) is 11.3 Å². The number of fused-ring (bicyclic) bond motifs is 1. The number of rotatable bonds is 3. The lowest BCUT2D eigenvalue weighted by Gasteiger charge is -2.30. The molecule has 2 aliphatic rings. The molecule has 2 saturated heterocycles. The van der Waals surface area contributed by atoms with Gasteiger partial charge in [0, 0.05) is 19.3 Å². The van der Waals surface area contributed by atoms with E-state index in [4.69, 9.17) is 4.98 Å². The highest BCUT2D eigenvalue weighted by Crippen LogP contribution is 2.40. The van der Waals surface area contributed by atoms with Gasteiger partial charge >= 0.3 is 0 Å². The summed E-state index contributed by atoms with van der Waals surface area (Å²) in [5.74, 6) is 3.26. The van der Waals surface area contributed by atoms with E-state index in [1.54, 1.807) is 0 Å². The number of piperidine rings is 1. The SMILES string of the molecule is CN1CCCC(Cn2c(C3CCCS3)nc3cccnc32)C1. The van der Waals surface area contributed by atoms with Gasteiger partial charge in [0.25, 0.3) is 0 Å². The standard InChI is InChI=1S/C17H24N4S/c1-20-9-3-5-13(11-20)12-21-16-14(6-2-8-18-16)19-17(21)15-7-4-10-22-15/h2,6,8,13,15H,3-5,7,9-12H2,1H3. The molecule has 0 spiro atoms. The maximum Gasteiger partial charge on any atom is 0.160 e. The molecule has 4 rings (SSSR count). The lowest BCUT2D eigenvalue weighted by Crippen LogP contribution is -2.34. The molecule has 0 aromatic carbocycles. The molecule has 0 saturated carbocycles. The van der Waals surface area contributed by atoms with Gasteiger partial charge in [0.15, 0.2) is 5.65 Å². The molecule has 0 radical (unpaired) electrons. The van der Waals surface area contributed by atoms with Crippen LogP contribution in [0, 0.1) is 5.92 Å². The maximum atomic E-state index is 4.95. The summed E-state index contributed by atoms with van der Waals surface area (Å²) in [5, 5.41) is 0.565. The van der Waals surface area contributed by atoms with Gasteiger partial charge in [-0.25, -0.2) is 9.97 Å². The lowest BCUT2D eigenvalue weighted by atomic mass is 9.98. The van der Waals surface area contributed by atoms with Crippen molar-refractivity contribution in [2.45, 2.75) is 37.5 Å². The first kappa shape index (κ1) is 14.5. The van der Waals surface area contributed by atoms with Crippen molar-refractivity contribution in [1.82, 2.24) is 19.4 Å². The summed E-state index contributed by atoms with van der Waals surface area (Å²) < 4.78 is 2.43. The Hall–Kier alpha value is -1.07. The first-order valence-corrected chi connectivity index (χ1v) is 9.47. The molecule has 0 N–H and O–H groups in total. The fraction of sp³-hybridized carbons (Fsp3) is 0.647. The molecule has 0 aliphatic carbocycles. The van der Waals surface area contributed by atoms with Gasteiger partial charge in [-0.15, -0.1) is 0 Å². The van der Waals surface area contributed by atoms with E-state index in [1.165, 1.54) is 50.4 Å². The van der Waals surface area contributed by atoms with E-state index in [0.717, 1.165) is 23.6 Å². The van der Waals surface area contributed by atoms with E-state index in [0.29, 0.717) is 5.25 Å². The summed E-state index contributed by atoms with van der Waals surface area (Å²) in [6, 6.07) is 4.11. The zero-order valence-corrected chi connectivity index (χ0v) is 14.1. The molecule has 2 aliphatic heterocycles. The molecular formula is C17H24N4S. The van der Waals surface area contributed by atoms with Crippen LogP contribution in [0.1, 0.15) is 36.8 Å². The molecule has 2 aromatic heterocycles. The van der Waals surface area contributed by atoms with Gasteiger partial charge < -0.3 is 9.47 Å². The molecule has 2 fully saturated rings. The lowest BCUT2D eigenvalue weighted by molar-refractivity contribution is 0.194. The van der Waals surface area contributed by atoms with E-state index in [1.807, 2.05) is 12.3 Å². The number of likely N-dealkylation sites (tertiary alicyclic amines) is 1. The maximum absolute atomic E-state index is 4.95. The van der Waals surface area contributed by atoms with Crippen molar-refractivity contribution >= 4 is 22.9 Å². The van der Waals surface area contributed by atoms with Crippen molar-refractivity contribution in [2.75, 3.05) is 25.9 Å². The number of thioether (sulfide) groups is 1. The number of hydrogen-bond donors (Lipinski definition) is 0. The molecule has 0 amide bonds. The molecule has 2 atom stereocenters. The molecule has 5 heteroatoms. The molecule has 0 bridgehead atoms.